The molecule has 0 saturated carbocycles. The number of hydrogen-bond acceptors (Lipinski definition) is 6. The molecular formula is C22H24N4O3S. The molecule has 0 aliphatic carbocycles. The molecule has 1 aromatic heterocycles. The predicted octanol–water partition coefficient (Wildman–Crippen LogP) is 3.33. The molecule has 1 aliphatic heterocycles. The minimum atomic E-state index is -0.0379. The predicted molar refractivity (Wildman–Crippen MR) is 116 cm³/mol. The number of nitrogens with zero attached hydrogens (tertiary/aromatic N) is 3. The van der Waals surface area contributed by atoms with Crippen LogP contribution in [0.4, 0.5) is 0 Å². The first-order chi connectivity index (χ1) is 14.7. The largest absolute Gasteiger partial charge is 0.497 e. The molecule has 2 heterocycles. The van der Waals surface area contributed by atoms with Gasteiger partial charge in [0.2, 0.25) is 5.91 Å². The summed E-state index contributed by atoms with van der Waals surface area (Å²) in [6, 6.07) is 17.6. The Morgan fingerprint density at radius 3 is 2.70 bits per heavy atom. The first-order valence-electron chi connectivity index (χ1n) is 9.91. The van der Waals surface area contributed by atoms with Crippen molar-refractivity contribution in [2.45, 2.75) is 24.1 Å². The SMILES string of the molecule is COc1ccc(-c2nnc(SCC(=O)NC[C@H]3CCCO3)n2-c2ccccc2)cc1. The fourth-order valence-electron chi connectivity index (χ4n) is 3.31. The standard InChI is InChI=1S/C22H24N4O3S/c1-28-18-11-9-16(10-12-18)21-24-25-22(26(21)17-6-3-2-4-7-17)30-15-20(27)23-14-19-8-5-13-29-19/h2-4,6-7,9-12,19H,5,8,13-15H2,1H3,(H,23,27)/t19-/m1/s1. The van der Waals surface area contributed by atoms with Crippen molar-refractivity contribution in [2.24, 2.45) is 0 Å². The molecule has 0 unspecified atom stereocenters. The van der Waals surface area contributed by atoms with Crippen molar-refractivity contribution in [3.8, 4) is 22.8 Å². The van der Waals surface area contributed by atoms with Gasteiger partial charge in [-0.1, -0.05) is 30.0 Å². The first kappa shape index (κ1) is 20.4. The van der Waals surface area contributed by atoms with Crippen LogP contribution in [0.15, 0.2) is 59.8 Å². The number of benzene rings is 2. The van der Waals surface area contributed by atoms with Crippen LogP contribution in [-0.4, -0.2) is 52.8 Å². The minimum absolute atomic E-state index is 0.0379. The van der Waals surface area contributed by atoms with Crippen molar-refractivity contribution in [2.75, 3.05) is 26.0 Å². The zero-order valence-electron chi connectivity index (χ0n) is 16.8. The topological polar surface area (TPSA) is 78.3 Å². The molecule has 4 rings (SSSR count). The van der Waals surface area contributed by atoms with E-state index in [0.29, 0.717) is 17.5 Å². The molecule has 1 fully saturated rings. The molecule has 2 aromatic carbocycles. The van der Waals surface area contributed by atoms with E-state index < -0.39 is 0 Å². The summed E-state index contributed by atoms with van der Waals surface area (Å²) in [7, 11) is 1.64. The molecular weight excluding hydrogens is 400 g/mol. The number of para-hydroxylation sites is 1. The molecule has 0 spiro atoms. The second-order valence-corrected chi connectivity index (χ2v) is 7.88. The van der Waals surface area contributed by atoms with E-state index in [2.05, 4.69) is 15.5 Å². The fourth-order valence-corrected chi connectivity index (χ4v) is 4.10. The first-order valence-corrected chi connectivity index (χ1v) is 10.9. The smallest absolute Gasteiger partial charge is 0.230 e. The summed E-state index contributed by atoms with van der Waals surface area (Å²) in [5.41, 5.74) is 1.86. The highest BCUT2D eigenvalue weighted by Gasteiger charge is 2.19. The molecule has 0 bridgehead atoms. The summed E-state index contributed by atoms with van der Waals surface area (Å²) in [6.07, 6.45) is 2.19. The number of ether oxygens (including phenoxy) is 2. The molecule has 1 amide bonds. The van der Waals surface area contributed by atoms with Crippen LogP contribution in [-0.2, 0) is 9.53 Å². The number of carbonyl (C=O) groups is 1. The van der Waals surface area contributed by atoms with Crippen molar-refractivity contribution in [1.82, 2.24) is 20.1 Å². The summed E-state index contributed by atoms with van der Waals surface area (Å²) in [4.78, 5) is 12.3. The Morgan fingerprint density at radius 1 is 1.20 bits per heavy atom. The van der Waals surface area contributed by atoms with Crippen molar-refractivity contribution in [3.63, 3.8) is 0 Å². The third-order valence-electron chi connectivity index (χ3n) is 4.88. The Hall–Kier alpha value is -2.84. The second kappa shape index (κ2) is 9.77. The lowest BCUT2D eigenvalue weighted by atomic mass is 10.2. The lowest BCUT2D eigenvalue weighted by Gasteiger charge is -2.12. The van der Waals surface area contributed by atoms with E-state index in [1.54, 1.807) is 7.11 Å². The molecule has 30 heavy (non-hydrogen) atoms. The lowest BCUT2D eigenvalue weighted by molar-refractivity contribution is -0.119. The lowest BCUT2D eigenvalue weighted by Crippen LogP contribution is -2.32. The number of rotatable bonds is 8. The van der Waals surface area contributed by atoms with Crippen LogP contribution in [0.3, 0.4) is 0 Å². The fraction of sp³-hybridized carbons (Fsp3) is 0.318. The van der Waals surface area contributed by atoms with E-state index in [0.717, 1.165) is 36.4 Å². The van der Waals surface area contributed by atoms with E-state index in [1.807, 2.05) is 59.2 Å². The van der Waals surface area contributed by atoms with Crippen molar-refractivity contribution < 1.29 is 14.3 Å². The number of carbonyl (C=O) groups excluding carboxylic acids is 1. The van der Waals surface area contributed by atoms with Gasteiger partial charge in [-0.15, -0.1) is 10.2 Å². The summed E-state index contributed by atoms with van der Waals surface area (Å²) < 4.78 is 12.8. The Balaban J connectivity index is 1.52. The van der Waals surface area contributed by atoms with E-state index in [9.17, 15) is 4.79 Å². The van der Waals surface area contributed by atoms with Crippen LogP contribution in [0.5, 0.6) is 5.75 Å². The van der Waals surface area contributed by atoms with Gasteiger partial charge in [0.15, 0.2) is 11.0 Å². The van der Waals surface area contributed by atoms with Crippen molar-refractivity contribution >= 4 is 17.7 Å². The van der Waals surface area contributed by atoms with Gasteiger partial charge in [0.05, 0.1) is 19.0 Å². The molecule has 1 atom stereocenters. The monoisotopic (exact) mass is 424 g/mol. The number of hydrogen-bond donors (Lipinski definition) is 1. The molecule has 1 N–H and O–H groups in total. The van der Waals surface area contributed by atoms with Gasteiger partial charge in [-0.25, -0.2) is 0 Å². The quantitative estimate of drug-likeness (QED) is 0.559. The number of amides is 1. The van der Waals surface area contributed by atoms with Crippen LogP contribution >= 0.6 is 11.8 Å². The van der Waals surface area contributed by atoms with E-state index in [-0.39, 0.29) is 17.8 Å². The number of methoxy groups -OCH3 is 1. The maximum absolute atomic E-state index is 12.3. The highest BCUT2D eigenvalue weighted by Crippen LogP contribution is 2.28. The Kier molecular flexibility index (Phi) is 6.66. The second-order valence-electron chi connectivity index (χ2n) is 6.93. The van der Waals surface area contributed by atoms with Crippen LogP contribution < -0.4 is 10.1 Å². The van der Waals surface area contributed by atoms with E-state index in [4.69, 9.17) is 9.47 Å². The number of thioether (sulfide) groups is 1. The maximum atomic E-state index is 12.3. The van der Waals surface area contributed by atoms with Crippen LogP contribution in [0, 0.1) is 0 Å². The summed E-state index contributed by atoms with van der Waals surface area (Å²) in [6.45, 7) is 1.34. The molecule has 156 valence electrons. The van der Waals surface area contributed by atoms with Gasteiger partial charge < -0.3 is 14.8 Å². The van der Waals surface area contributed by atoms with Gasteiger partial charge in [-0.2, -0.15) is 0 Å². The zero-order chi connectivity index (χ0) is 20.8. The highest BCUT2D eigenvalue weighted by atomic mass is 32.2. The van der Waals surface area contributed by atoms with Gasteiger partial charge >= 0.3 is 0 Å². The summed E-state index contributed by atoms with van der Waals surface area (Å²) >= 11 is 1.37. The van der Waals surface area contributed by atoms with Gasteiger partial charge in [-0.05, 0) is 49.2 Å². The number of nitrogens with one attached hydrogen (secondary N) is 1. The Labute approximate surface area is 179 Å². The molecule has 8 heteroatoms. The molecule has 3 aromatic rings. The van der Waals surface area contributed by atoms with Gasteiger partial charge in [0, 0.05) is 24.4 Å². The third-order valence-corrected chi connectivity index (χ3v) is 5.81. The van der Waals surface area contributed by atoms with Gasteiger partial charge in [0.25, 0.3) is 0 Å². The van der Waals surface area contributed by atoms with Crippen molar-refractivity contribution in [1.29, 1.82) is 0 Å². The Morgan fingerprint density at radius 2 is 2.00 bits per heavy atom. The summed E-state index contributed by atoms with van der Waals surface area (Å²) in [5, 5.41) is 12.4. The molecule has 1 aliphatic rings. The highest BCUT2D eigenvalue weighted by molar-refractivity contribution is 7.99. The van der Waals surface area contributed by atoms with Crippen LogP contribution in [0.1, 0.15) is 12.8 Å². The third kappa shape index (κ3) is 4.83. The van der Waals surface area contributed by atoms with Crippen LogP contribution in [0.25, 0.3) is 17.1 Å². The molecule has 0 radical (unpaired) electrons. The average Bonchev–Trinajstić information content (AvgIpc) is 3.47. The Bertz CT molecular complexity index is 970. The van der Waals surface area contributed by atoms with E-state index in [1.165, 1.54) is 11.8 Å². The van der Waals surface area contributed by atoms with Crippen LogP contribution in [0.2, 0.25) is 0 Å². The zero-order valence-corrected chi connectivity index (χ0v) is 17.6. The molecule has 1 saturated heterocycles. The van der Waals surface area contributed by atoms with E-state index >= 15 is 0 Å². The average molecular weight is 425 g/mol. The van der Waals surface area contributed by atoms with Gasteiger partial charge in [-0.3, -0.25) is 9.36 Å². The van der Waals surface area contributed by atoms with Crippen molar-refractivity contribution in [3.05, 3.63) is 54.6 Å². The number of aromatic nitrogens is 3. The minimum Gasteiger partial charge on any atom is -0.497 e. The molecule has 7 nitrogen and oxygen atoms in total. The van der Waals surface area contributed by atoms with Gasteiger partial charge in [0.1, 0.15) is 5.75 Å². The maximum Gasteiger partial charge on any atom is 0.230 e. The normalized spacial score (nSPS) is 15.8. The summed E-state index contributed by atoms with van der Waals surface area (Å²) in [5.74, 6) is 1.72.